The van der Waals surface area contributed by atoms with Gasteiger partial charge in [-0.15, -0.1) is 0 Å². The van der Waals surface area contributed by atoms with Gasteiger partial charge in [-0.25, -0.2) is 8.78 Å². The number of methoxy groups -OCH3 is 1. The quantitative estimate of drug-likeness (QED) is 0.686. The van der Waals surface area contributed by atoms with Gasteiger partial charge in [0.05, 0.1) is 29.9 Å². The monoisotopic (exact) mass is 407 g/mol. The van der Waals surface area contributed by atoms with Crippen LogP contribution in [0.5, 0.6) is 11.5 Å². The molecule has 0 bridgehead atoms. The number of ether oxygens (including phenoxy) is 1. The number of amides is 1. The molecule has 1 N–H and O–H groups in total. The second kappa shape index (κ2) is 7.12. The molecule has 0 saturated heterocycles. The molecule has 0 radical (unpaired) electrons. The number of hydrogen-bond acceptors (Lipinski definition) is 5. The number of phenols is 1. The minimum atomic E-state index is -1.05. The van der Waals surface area contributed by atoms with Gasteiger partial charge in [-0.05, 0) is 37.1 Å². The summed E-state index contributed by atoms with van der Waals surface area (Å²) in [6.07, 6.45) is 3.15. The highest BCUT2D eigenvalue weighted by Crippen LogP contribution is 2.43. The first-order chi connectivity index (χ1) is 14.3. The molecular weight excluding hydrogens is 392 g/mol. The number of phenolic OH excluding ortho intramolecular Hbond substituents is 1. The van der Waals surface area contributed by atoms with Crippen molar-refractivity contribution in [1.82, 2.24) is 4.98 Å². The van der Waals surface area contributed by atoms with Gasteiger partial charge in [0.15, 0.2) is 23.1 Å². The molecule has 2 aromatic carbocycles. The number of pyridine rings is 1. The first-order valence-corrected chi connectivity index (χ1v) is 8.93. The molecule has 0 atom stereocenters. The van der Waals surface area contributed by atoms with Crippen LogP contribution in [0.2, 0.25) is 0 Å². The van der Waals surface area contributed by atoms with Gasteiger partial charge in [0.25, 0.3) is 5.91 Å². The lowest BCUT2D eigenvalue weighted by atomic mass is 10.0. The number of rotatable bonds is 2. The number of hydrogen-bond donors (Lipinski definition) is 1. The molecule has 150 valence electrons. The van der Waals surface area contributed by atoms with Gasteiger partial charge in [-0.2, -0.15) is 5.26 Å². The zero-order chi connectivity index (χ0) is 21.6. The zero-order valence-corrected chi connectivity index (χ0v) is 16.0. The van der Waals surface area contributed by atoms with Crippen LogP contribution in [0.1, 0.15) is 18.1 Å². The van der Waals surface area contributed by atoms with Gasteiger partial charge in [0.2, 0.25) is 0 Å². The van der Waals surface area contributed by atoms with Gasteiger partial charge < -0.3 is 9.84 Å². The van der Waals surface area contributed by atoms with E-state index < -0.39 is 23.2 Å². The van der Waals surface area contributed by atoms with E-state index in [0.29, 0.717) is 28.5 Å². The van der Waals surface area contributed by atoms with E-state index in [1.165, 1.54) is 31.5 Å². The number of carbonyl (C=O) groups excluding carboxylic acids is 1. The van der Waals surface area contributed by atoms with Crippen molar-refractivity contribution in [2.45, 2.75) is 13.3 Å². The highest BCUT2D eigenvalue weighted by atomic mass is 19.1. The third-order valence-electron chi connectivity index (χ3n) is 4.87. The first-order valence-electron chi connectivity index (χ1n) is 8.93. The molecule has 2 heterocycles. The molecule has 30 heavy (non-hydrogen) atoms. The Morgan fingerprint density at radius 1 is 1.20 bits per heavy atom. The lowest BCUT2D eigenvalue weighted by Crippen LogP contribution is -2.26. The normalized spacial score (nSPS) is 13.5. The number of allylic oxidation sites excluding steroid dienone is 1. The molecule has 1 aliphatic rings. The summed E-state index contributed by atoms with van der Waals surface area (Å²) in [6, 6.07) is 6.25. The van der Waals surface area contributed by atoms with Crippen molar-refractivity contribution in [2.75, 3.05) is 12.0 Å². The van der Waals surface area contributed by atoms with Crippen LogP contribution in [-0.4, -0.2) is 23.1 Å². The summed E-state index contributed by atoms with van der Waals surface area (Å²) in [7, 11) is 1.38. The summed E-state index contributed by atoms with van der Waals surface area (Å²) in [4.78, 5) is 18.3. The summed E-state index contributed by atoms with van der Waals surface area (Å²) < 4.78 is 34.9. The van der Waals surface area contributed by atoms with Crippen molar-refractivity contribution >= 4 is 28.2 Å². The van der Waals surface area contributed by atoms with Crippen LogP contribution in [0.25, 0.3) is 10.9 Å². The topological polar surface area (TPSA) is 86.4 Å². The van der Waals surface area contributed by atoms with E-state index in [9.17, 15) is 18.7 Å². The maximum Gasteiger partial charge on any atom is 0.255 e. The van der Waals surface area contributed by atoms with Gasteiger partial charge in [-0.1, -0.05) is 5.57 Å². The molecule has 6 nitrogen and oxygen atoms in total. The van der Waals surface area contributed by atoms with Crippen LogP contribution in [0, 0.1) is 23.0 Å². The number of nitriles is 1. The highest BCUT2D eigenvalue weighted by molar-refractivity contribution is 6.14. The highest BCUT2D eigenvalue weighted by Gasteiger charge is 2.30. The molecule has 0 unspecified atom stereocenters. The SMILES string of the molecule is COc1cc2ncc3c(c2cc1O)N(c1c(F)cc(C#N)cc1F)C(=O)C=C(C)C3. The Hall–Kier alpha value is -3.99. The van der Waals surface area contributed by atoms with Gasteiger partial charge in [-0.3, -0.25) is 14.7 Å². The van der Waals surface area contributed by atoms with Crippen LogP contribution < -0.4 is 9.64 Å². The fraction of sp³-hybridized carbons (Fsp3) is 0.136. The second-order valence-corrected chi connectivity index (χ2v) is 6.91. The zero-order valence-electron chi connectivity index (χ0n) is 16.0. The first kappa shape index (κ1) is 19.3. The Morgan fingerprint density at radius 3 is 2.53 bits per heavy atom. The lowest BCUT2D eigenvalue weighted by Gasteiger charge is -2.25. The molecule has 1 aromatic heterocycles. The average molecular weight is 407 g/mol. The largest absolute Gasteiger partial charge is 0.504 e. The number of aromatic nitrogens is 1. The smallest absolute Gasteiger partial charge is 0.255 e. The Bertz CT molecular complexity index is 1270. The molecule has 0 fully saturated rings. The summed E-state index contributed by atoms with van der Waals surface area (Å²) >= 11 is 0. The molecular formula is C22H15F2N3O3. The van der Waals surface area contributed by atoms with E-state index in [1.54, 1.807) is 13.0 Å². The third kappa shape index (κ3) is 3.01. The fourth-order valence-corrected chi connectivity index (χ4v) is 3.60. The summed E-state index contributed by atoms with van der Waals surface area (Å²) in [5.74, 6) is -2.80. The van der Waals surface area contributed by atoms with Crippen molar-refractivity contribution in [3.05, 3.63) is 64.9 Å². The number of anilines is 2. The second-order valence-electron chi connectivity index (χ2n) is 6.91. The summed E-state index contributed by atoms with van der Waals surface area (Å²) in [5.41, 5.74) is 1.000. The standard InChI is InChI=1S/C22H15F2N3O3/c1-11-3-13-10-26-17-8-19(30-2)18(28)7-14(17)21(13)27(20(29)4-11)22-15(23)5-12(9-25)6-16(22)24/h4-8,10,28H,3H2,1-2H3. The Balaban J connectivity index is 2.10. The number of aromatic hydroxyl groups is 1. The molecule has 1 amide bonds. The lowest BCUT2D eigenvalue weighted by molar-refractivity contribution is -0.113. The van der Waals surface area contributed by atoms with E-state index >= 15 is 0 Å². The van der Waals surface area contributed by atoms with Crippen molar-refractivity contribution in [1.29, 1.82) is 5.26 Å². The predicted octanol–water partition coefficient (Wildman–Crippen LogP) is 4.27. The number of fused-ring (bicyclic) bond motifs is 3. The van der Waals surface area contributed by atoms with Crippen LogP contribution in [0.15, 0.2) is 42.1 Å². The van der Waals surface area contributed by atoms with Crippen LogP contribution in [0.4, 0.5) is 20.2 Å². The van der Waals surface area contributed by atoms with Crippen LogP contribution in [0.3, 0.4) is 0 Å². The molecule has 8 heteroatoms. The summed E-state index contributed by atoms with van der Waals surface area (Å²) in [6.45, 7) is 1.73. The molecule has 0 spiro atoms. The minimum absolute atomic E-state index is 0.173. The van der Waals surface area contributed by atoms with Crippen molar-refractivity contribution in [3.63, 3.8) is 0 Å². The third-order valence-corrected chi connectivity index (χ3v) is 4.87. The van der Waals surface area contributed by atoms with E-state index in [-0.39, 0.29) is 22.7 Å². The predicted molar refractivity (Wildman–Crippen MR) is 106 cm³/mol. The van der Waals surface area contributed by atoms with Crippen LogP contribution in [-0.2, 0) is 11.2 Å². The van der Waals surface area contributed by atoms with E-state index in [4.69, 9.17) is 10.00 Å². The maximum atomic E-state index is 14.9. The number of halogens is 2. The number of carbonyl (C=O) groups is 1. The average Bonchev–Trinajstić information content (AvgIpc) is 2.82. The van der Waals surface area contributed by atoms with Crippen LogP contribution >= 0.6 is 0 Å². The number of benzene rings is 2. The Kier molecular flexibility index (Phi) is 4.59. The van der Waals surface area contributed by atoms with Gasteiger partial charge >= 0.3 is 0 Å². The molecule has 4 rings (SSSR count). The van der Waals surface area contributed by atoms with E-state index in [0.717, 1.165) is 17.0 Å². The molecule has 1 aliphatic heterocycles. The molecule has 3 aromatic rings. The van der Waals surface area contributed by atoms with Crippen molar-refractivity contribution in [3.8, 4) is 17.6 Å². The molecule has 0 saturated carbocycles. The number of nitrogens with zero attached hydrogens (tertiary/aromatic N) is 3. The molecule has 0 aliphatic carbocycles. The van der Waals surface area contributed by atoms with Crippen molar-refractivity contribution in [2.24, 2.45) is 0 Å². The minimum Gasteiger partial charge on any atom is -0.504 e. The maximum absolute atomic E-state index is 14.9. The summed E-state index contributed by atoms with van der Waals surface area (Å²) in [5, 5.41) is 19.6. The van der Waals surface area contributed by atoms with Gasteiger partial charge in [0.1, 0.15) is 5.69 Å². The Morgan fingerprint density at radius 2 is 1.90 bits per heavy atom. The fourth-order valence-electron chi connectivity index (χ4n) is 3.60. The van der Waals surface area contributed by atoms with Gasteiger partial charge in [0, 0.05) is 23.7 Å². The van der Waals surface area contributed by atoms with Crippen molar-refractivity contribution < 1.29 is 23.4 Å². The van der Waals surface area contributed by atoms with E-state index in [1.807, 2.05) is 0 Å². The Labute approximate surface area is 170 Å². The van der Waals surface area contributed by atoms with E-state index in [2.05, 4.69) is 4.98 Å².